The number of ether oxygens (including phenoxy) is 1. The second kappa shape index (κ2) is 29.1. The summed E-state index contributed by atoms with van der Waals surface area (Å²) < 4.78 is 5.08. The van der Waals surface area contributed by atoms with Crippen molar-refractivity contribution in [3.8, 4) is 0 Å². The molecule has 170 valence electrons. The molecule has 0 bridgehead atoms. The van der Waals surface area contributed by atoms with Gasteiger partial charge in [-0.1, -0.05) is 116 Å². The number of aliphatic carboxylic acids is 1. The van der Waals surface area contributed by atoms with Gasteiger partial charge in [-0.15, -0.1) is 0 Å². The van der Waals surface area contributed by atoms with Crippen molar-refractivity contribution in [2.75, 3.05) is 6.61 Å². The normalized spacial score (nSPS) is 9.67. The number of carboxylic acid groups (broad SMARTS) is 1. The summed E-state index contributed by atoms with van der Waals surface area (Å²) in [5.74, 6) is -1.49. The van der Waals surface area contributed by atoms with Crippen molar-refractivity contribution in [2.24, 2.45) is 0 Å². The number of carboxylic acids is 1. The zero-order valence-corrected chi connectivity index (χ0v) is 23.3. The molecule has 30 heavy (non-hydrogen) atoms. The Morgan fingerprint density at radius 2 is 1.07 bits per heavy atom. The van der Waals surface area contributed by atoms with E-state index in [1.807, 2.05) is 0 Å². The molecule has 0 heterocycles. The molecule has 0 aliphatic rings. The second-order valence-corrected chi connectivity index (χ2v) is 7.74. The van der Waals surface area contributed by atoms with Gasteiger partial charge in [0.2, 0.25) is 0 Å². The molecule has 0 amide bonds. The molecule has 0 aromatic rings. The number of hydrogen-bond acceptors (Lipinski definition) is 4. The topological polar surface area (TPSA) is 66.4 Å². The molecule has 5 heteroatoms. The van der Waals surface area contributed by atoms with Crippen LogP contribution in [0.3, 0.4) is 0 Å². The fraction of sp³-hybridized carbons (Fsp3) is 0.760. The Balaban J connectivity index is -0.00000108. The van der Waals surface area contributed by atoms with Crippen LogP contribution in [0.1, 0.15) is 117 Å². The van der Waals surface area contributed by atoms with Crippen molar-refractivity contribution in [3.63, 3.8) is 0 Å². The Kier molecular flexibility index (Phi) is 33.6. The Hall–Kier alpha value is 0.0564. The van der Waals surface area contributed by atoms with Gasteiger partial charge in [0.1, 0.15) is 0 Å². The maximum absolute atomic E-state index is 11.2. The van der Waals surface area contributed by atoms with Crippen LogP contribution in [0.15, 0.2) is 24.8 Å². The number of carbonyl (C=O) groups is 2. The monoisotopic (exact) mass is 448 g/mol. The quantitative estimate of drug-likeness (QED) is 0.132. The summed E-state index contributed by atoms with van der Waals surface area (Å²) >= 11 is 0. The molecule has 0 aliphatic heterocycles. The van der Waals surface area contributed by atoms with Crippen molar-refractivity contribution in [3.05, 3.63) is 24.8 Å². The van der Waals surface area contributed by atoms with Gasteiger partial charge in [0.05, 0.1) is 12.6 Å². The van der Waals surface area contributed by atoms with E-state index in [1.165, 1.54) is 96.3 Å². The summed E-state index contributed by atoms with van der Waals surface area (Å²) in [5.41, 5.74) is 0.492. The number of hydrogen-bond donors (Lipinski definition) is 0. The molecule has 0 atom stereocenters. The van der Waals surface area contributed by atoms with E-state index in [9.17, 15) is 4.79 Å². The zero-order valence-electron chi connectivity index (χ0n) is 20.1. The van der Waals surface area contributed by atoms with Gasteiger partial charge in [-0.05, 0) is 19.4 Å². The second-order valence-electron chi connectivity index (χ2n) is 7.74. The molecule has 0 unspecified atom stereocenters. The molecular weight excluding hydrogens is 403 g/mol. The van der Waals surface area contributed by atoms with Crippen LogP contribution in [-0.4, -0.2) is 18.5 Å². The largest absolute Gasteiger partial charge is 1.00 e. The molecule has 0 saturated carbocycles. The maximum atomic E-state index is 11.2. The summed E-state index contributed by atoms with van der Waals surface area (Å²) in [4.78, 5) is 20.3. The first-order valence-electron chi connectivity index (χ1n) is 11.6. The fourth-order valence-electron chi connectivity index (χ4n) is 2.94. The molecule has 0 rings (SSSR count). The van der Waals surface area contributed by atoms with E-state index >= 15 is 0 Å². The number of esters is 1. The minimum absolute atomic E-state index is 0. The van der Waals surface area contributed by atoms with Gasteiger partial charge in [0.15, 0.2) is 0 Å². The van der Waals surface area contributed by atoms with E-state index < -0.39 is 5.97 Å². The standard InChI is InChI=1S/C22H42O2.C3H4O2.K/c1-4-5-6-7-8-9-10-11-12-13-14-15-16-17-18-19-20-24-22(23)21(2)3;1-2-3(4)5;/h2,4-20H2,1,3H3;2H,1H2,(H,4,5);/q;;+1/p-1. The molecule has 4 nitrogen and oxygen atoms in total. The molecule has 0 radical (unpaired) electrons. The van der Waals surface area contributed by atoms with E-state index in [1.54, 1.807) is 6.92 Å². The first-order chi connectivity index (χ1) is 14.0. The van der Waals surface area contributed by atoms with Crippen molar-refractivity contribution < 1.29 is 70.8 Å². The molecular formula is C25H45KO4. The van der Waals surface area contributed by atoms with E-state index in [2.05, 4.69) is 20.1 Å². The van der Waals surface area contributed by atoms with Crippen molar-refractivity contribution in [1.29, 1.82) is 0 Å². The molecule has 0 aromatic carbocycles. The fourth-order valence-corrected chi connectivity index (χ4v) is 2.94. The van der Waals surface area contributed by atoms with Crippen LogP contribution in [-0.2, 0) is 14.3 Å². The smallest absolute Gasteiger partial charge is 0.545 e. The van der Waals surface area contributed by atoms with Crippen molar-refractivity contribution >= 4 is 11.9 Å². The summed E-state index contributed by atoms with van der Waals surface area (Å²) in [5, 5.41) is 9.14. The molecule has 0 N–H and O–H groups in total. The van der Waals surface area contributed by atoms with E-state index in [0.29, 0.717) is 12.2 Å². The van der Waals surface area contributed by atoms with E-state index in [4.69, 9.17) is 14.6 Å². The third kappa shape index (κ3) is 32.7. The molecule has 0 saturated heterocycles. The van der Waals surface area contributed by atoms with Gasteiger partial charge in [-0.25, -0.2) is 4.79 Å². The van der Waals surface area contributed by atoms with Gasteiger partial charge < -0.3 is 14.6 Å². The van der Waals surface area contributed by atoms with Gasteiger partial charge >= 0.3 is 57.4 Å². The van der Waals surface area contributed by atoms with Crippen LogP contribution in [0.2, 0.25) is 0 Å². The zero-order chi connectivity index (χ0) is 22.2. The third-order valence-electron chi connectivity index (χ3n) is 4.75. The van der Waals surface area contributed by atoms with Crippen molar-refractivity contribution in [1.82, 2.24) is 0 Å². The van der Waals surface area contributed by atoms with Crippen LogP contribution in [0.25, 0.3) is 0 Å². The van der Waals surface area contributed by atoms with Crippen LogP contribution in [0, 0.1) is 0 Å². The average Bonchev–Trinajstić information content (AvgIpc) is 2.70. The van der Waals surface area contributed by atoms with Gasteiger partial charge in [0.25, 0.3) is 0 Å². The van der Waals surface area contributed by atoms with Gasteiger partial charge in [-0.2, -0.15) is 0 Å². The Bertz CT molecular complexity index is 421. The van der Waals surface area contributed by atoms with Crippen LogP contribution < -0.4 is 56.5 Å². The minimum Gasteiger partial charge on any atom is -0.545 e. The summed E-state index contributed by atoms with van der Waals surface area (Å²) in [7, 11) is 0. The van der Waals surface area contributed by atoms with E-state index in [0.717, 1.165) is 12.5 Å². The number of rotatable bonds is 19. The van der Waals surface area contributed by atoms with E-state index in [-0.39, 0.29) is 57.4 Å². The molecule has 0 fully saturated rings. The third-order valence-corrected chi connectivity index (χ3v) is 4.75. The Morgan fingerprint density at radius 3 is 1.33 bits per heavy atom. The first kappa shape index (κ1) is 34.7. The van der Waals surface area contributed by atoms with Crippen LogP contribution in [0.4, 0.5) is 0 Å². The maximum Gasteiger partial charge on any atom is 1.00 e. The molecule has 0 aliphatic carbocycles. The molecule has 0 aromatic heterocycles. The predicted molar refractivity (Wildman–Crippen MR) is 121 cm³/mol. The van der Waals surface area contributed by atoms with Gasteiger partial charge in [0, 0.05) is 5.57 Å². The minimum atomic E-state index is -1.23. The van der Waals surface area contributed by atoms with Crippen molar-refractivity contribution in [2.45, 2.75) is 117 Å². The number of unbranched alkanes of at least 4 members (excludes halogenated alkanes) is 15. The van der Waals surface area contributed by atoms with Gasteiger partial charge in [-0.3, -0.25) is 0 Å². The predicted octanol–water partition coefficient (Wildman–Crippen LogP) is 3.29. The average molecular weight is 449 g/mol. The summed E-state index contributed by atoms with van der Waals surface area (Å²) in [6.07, 6.45) is 22.5. The first-order valence-corrected chi connectivity index (χ1v) is 11.6. The Labute approximate surface area is 228 Å². The number of carbonyl (C=O) groups excluding carboxylic acids is 2. The van der Waals surface area contributed by atoms with Crippen LogP contribution >= 0.6 is 0 Å². The summed E-state index contributed by atoms with van der Waals surface area (Å²) in [6, 6.07) is 0. The van der Waals surface area contributed by atoms with Crippen LogP contribution in [0.5, 0.6) is 0 Å². The molecule has 0 spiro atoms. The summed E-state index contributed by atoms with van der Waals surface area (Å²) in [6.45, 7) is 11.0. The Morgan fingerprint density at radius 1 is 0.767 bits per heavy atom. The SMILES string of the molecule is C=C(C)C(=O)OCCCCCCCCCCCCCCCCCC.C=CC(=O)[O-].[K+].